The van der Waals surface area contributed by atoms with Crippen LogP contribution in [0.25, 0.3) is 0 Å². The molecule has 9 heteroatoms. The Morgan fingerprint density at radius 3 is 2.63 bits per heavy atom. The predicted molar refractivity (Wildman–Crippen MR) is 97.1 cm³/mol. The maximum absolute atomic E-state index is 13.0. The van der Waals surface area contributed by atoms with Crippen molar-refractivity contribution in [3.63, 3.8) is 0 Å². The van der Waals surface area contributed by atoms with Crippen molar-refractivity contribution in [2.75, 3.05) is 25.0 Å². The average molecular weight is 375 g/mol. The first-order chi connectivity index (χ1) is 13.0. The molecular formula is C18H22FN5O3. The van der Waals surface area contributed by atoms with Crippen LogP contribution in [0.3, 0.4) is 0 Å². The fourth-order valence-electron chi connectivity index (χ4n) is 2.95. The number of benzene rings is 1. The summed E-state index contributed by atoms with van der Waals surface area (Å²) in [6.07, 6.45) is 1.43. The van der Waals surface area contributed by atoms with Gasteiger partial charge in [-0.25, -0.2) is 9.18 Å². The molecule has 1 fully saturated rings. The van der Waals surface area contributed by atoms with E-state index in [1.807, 2.05) is 0 Å². The molecule has 0 atom stereocenters. The lowest BCUT2D eigenvalue weighted by Crippen LogP contribution is -2.43. The highest BCUT2D eigenvalue weighted by Crippen LogP contribution is 2.14. The summed E-state index contributed by atoms with van der Waals surface area (Å²) in [5.74, 6) is -0.0234. The summed E-state index contributed by atoms with van der Waals surface area (Å²) < 4.78 is 17.9. The smallest absolute Gasteiger partial charge is 0.409 e. The summed E-state index contributed by atoms with van der Waals surface area (Å²) in [6.45, 7) is 3.30. The van der Waals surface area contributed by atoms with Gasteiger partial charge in [-0.3, -0.25) is 9.78 Å². The SMILES string of the molecule is CCOC(=O)N1CCC(Nc2nnc(Cc3ccc(F)cc3)c(=O)[nH]2)CC1. The largest absolute Gasteiger partial charge is 0.450 e. The molecule has 1 aliphatic rings. The zero-order chi connectivity index (χ0) is 19.2. The minimum Gasteiger partial charge on any atom is -0.450 e. The Bertz CT molecular complexity index is 832. The number of aromatic amines is 1. The maximum Gasteiger partial charge on any atom is 0.409 e. The number of nitrogens with zero attached hydrogens (tertiary/aromatic N) is 3. The third-order valence-electron chi connectivity index (χ3n) is 4.41. The van der Waals surface area contributed by atoms with E-state index in [-0.39, 0.29) is 35.6 Å². The summed E-state index contributed by atoms with van der Waals surface area (Å²) in [5, 5.41) is 11.2. The molecule has 1 saturated heterocycles. The number of anilines is 1. The summed E-state index contributed by atoms with van der Waals surface area (Å²) in [5.41, 5.74) is 0.716. The molecule has 0 aliphatic carbocycles. The first-order valence-electron chi connectivity index (χ1n) is 8.93. The Hall–Kier alpha value is -2.97. The molecule has 2 N–H and O–H groups in total. The number of piperidine rings is 1. The lowest BCUT2D eigenvalue weighted by molar-refractivity contribution is 0.0983. The van der Waals surface area contributed by atoms with E-state index >= 15 is 0 Å². The van der Waals surface area contributed by atoms with E-state index in [2.05, 4.69) is 20.5 Å². The number of ether oxygens (including phenoxy) is 1. The van der Waals surface area contributed by atoms with Gasteiger partial charge in [0.05, 0.1) is 6.61 Å². The molecule has 0 bridgehead atoms. The quantitative estimate of drug-likeness (QED) is 0.828. The number of likely N-dealkylation sites (tertiary alicyclic amines) is 1. The van der Waals surface area contributed by atoms with Crippen molar-refractivity contribution >= 4 is 12.0 Å². The van der Waals surface area contributed by atoms with Crippen molar-refractivity contribution in [2.45, 2.75) is 32.2 Å². The molecule has 3 rings (SSSR count). The van der Waals surface area contributed by atoms with Gasteiger partial charge in [0.2, 0.25) is 5.95 Å². The average Bonchev–Trinajstić information content (AvgIpc) is 2.66. The highest BCUT2D eigenvalue weighted by Gasteiger charge is 2.24. The second-order valence-electron chi connectivity index (χ2n) is 6.36. The molecule has 27 heavy (non-hydrogen) atoms. The second-order valence-corrected chi connectivity index (χ2v) is 6.36. The normalized spacial score (nSPS) is 14.8. The van der Waals surface area contributed by atoms with Crippen molar-refractivity contribution in [3.8, 4) is 0 Å². The van der Waals surface area contributed by atoms with Crippen LogP contribution < -0.4 is 10.9 Å². The van der Waals surface area contributed by atoms with Gasteiger partial charge in [-0.1, -0.05) is 12.1 Å². The topological polar surface area (TPSA) is 100 Å². The summed E-state index contributed by atoms with van der Waals surface area (Å²) in [7, 11) is 0. The molecule has 0 radical (unpaired) electrons. The Balaban J connectivity index is 1.56. The monoisotopic (exact) mass is 375 g/mol. The van der Waals surface area contributed by atoms with Crippen LogP contribution in [0.4, 0.5) is 15.1 Å². The third kappa shape index (κ3) is 5.02. The number of H-pyrrole nitrogens is 1. The third-order valence-corrected chi connectivity index (χ3v) is 4.41. The van der Waals surface area contributed by atoms with E-state index in [1.54, 1.807) is 24.0 Å². The zero-order valence-corrected chi connectivity index (χ0v) is 15.1. The van der Waals surface area contributed by atoms with Crippen molar-refractivity contribution < 1.29 is 13.9 Å². The van der Waals surface area contributed by atoms with Gasteiger partial charge < -0.3 is 15.0 Å². The molecule has 2 heterocycles. The summed E-state index contributed by atoms with van der Waals surface area (Å²) in [6, 6.07) is 5.99. The van der Waals surface area contributed by atoms with E-state index in [0.29, 0.717) is 25.6 Å². The Labute approximate surface area is 155 Å². The maximum atomic E-state index is 13.0. The number of nitrogens with one attached hydrogen (secondary N) is 2. The Morgan fingerprint density at radius 2 is 2.00 bits per heavy atom. The van der Waals surface area contributed by atoms with Crippen LogP contribution >= 0.6 is 0 Å². The summed E-state index contributed by atoms with van der Waals surface area (Å²) >= 11 is 0. The predicted octanol–water partition coefficient (Wildman–Crippen LogP) is 1.93. The van der Waals surface area contributed by atoms with Gasteiger partial charge >= 0.3 is 6.09 Å². The Morgan fingerprint density at radius 1 is 1.30 bits per heavy atom. The molecule has 0 spiro atoms. The van der Waals surface area contributed by atoms with Gasteiger partial charge in [-0.2, -0.15) is 0 Å². The van der Waals surface area contributed by atoms with Gasteiger partial charge in [-0.15, -0.1) is 10.2 Å². The number of carbonyl (C=O) groups excluding carboxylic acids is 1. The van der Waals surface area contributed by atoms with E-state index in [4.69, 9.17) is 4.74 Å². The van der Waals surface area contributed by atoms with Crippen molar-refractivity contribution in [1.82, 2.24) is 20.1 Å². The fraction of sp³-hybridized carbons (Fsp3) is 0.444. The Kier molecular flexibility index (Phi) is 6.00. The lowest BCUT2D eigenvalue weighted by atomic mass is 10.1. The second kappa shape index (κ2) is 8.61. The van der Waals surface area contributed by atoms with E-state index in [0.717, 1.165) is 18.4 Å². The van der Waals surface area contributed by atoms with Crippen LogP contribution in [0, 0.1) is 5.82 Å². The molecular weight excluding hydrogens is 353 g/mol. The van der Waals surface area contributed by atoms with Crippen LogP contribution in [0.5, 0.6) is 0 Å². The van der Waals surface area contributed by atoms with Crippen LogP contribution in [0.1, 0.15) is 31.0 Å². The van der Waals surface area contributed by atoms with Crippen molar-refractivity contribution in [3.05, 3.63) is 51.7 Å². The van der Waals surface area contributed by atoms with Crippen LogP contribution in [-0.2, 0) is 11.2 Å². The first-order valence-corrected chi connectivity index (χ1v) is 8.93. The number of rotatable bonds is 5. The van der Waals surface area contributed by atoms with Gasteiger partial charge in [0.1, 0.15) is 11.5 Å². The van der Waals surface area contributed by atoms with E-state index in [1.165, 1.54) is 12.1 Å². The van der Waals surface area contributed by atoms with Gasteiger partial charge in [0.15, 0.2) is 0 Å². The van der Waals surface area contributed by atoms with Crippen molar-refractivity contribution in [2.24, 2.45) is 0 Å². The minimum atomic E-state index is -0.333. The van der Waals surface area contributed by atoms with E-state index < -0.39 is 0 Å². The lowest BCUT2D eigenvalue weighted by Gasteiger charge is -2.31. The standard InChI is InChI=1S/C18H22FN5O3/c1-2-27-18(26)24-9-7-14(8-10-24)20-17-21-16(25)15(22-23-17)11-12-3-5-13(19)6-4-12/h3-6,14H,2,7-11H2,1H3,(H2,20,21,23,25). The first kappa shape index (κ1) is 18.8. The summed E-state index contributed by atoms with van der Waals surface area (Å²) in [4.78, 5) is 28.3. The van der Waals surface area contributed by atoms with Gasteiger partial charge in [-0.05, 0) is 37.5 Å². The minimum absolute atomic E-state index is 0.0866. The van der Waals surface area contributed by atoms with Gasteiger partial charge in [0, 0.05) is 25.6 Å². The van der Waals surface area contributed by atoms with Crippen LogP contribution in [0.15, 0.2) is 29.1 Å². The van der Waals surface area contributed by atoms with Crippen molar-refractivity contribution in [1.29, 1.82) is 0 Å². The molecule has 1 aromatic carbocycles. The molecule has 1 aliphatic heterocycles. The van der Waals surface area contributed by atoms with Crippen LogP contribution in [0.2, 0.25) is 0 Å². The number of amides is 1. The fourth-order valence-corrected chi connectivity index (χ4v) is 2.95. The number of aromatic nitrogens is 3. The van der Waals surface area contributed by atoms with E-state index in [9.17, 15) is 14.0 Å². The number of hydrogen-bond acceptors (Lipinski definition) is 6. The number of hydrogen-bond donors (Lipinski definition) is 2. The molecule has 0 unspecified atom stereocenters. The molecule has 1 amide bonds. The molecule has 0 saturated carbocycles. The van der Waals surface area contributed by atoms with Crippen LogP contribution in [-0.4, -0.2) is 51.9 Å². The molecule has 8 nitrogen and oxygen atoms in total. The van der Waals surface area contributed by atoms with Gasteiger partial charge in [0.25, 0.3) is 5.56 Å². The highest BCUT2D eigenvalue weighted by atomic mass is 19.1. The molecule has 144 valence electrons. The number of halogens is 1. The number of carbonyl (C=O) groups is 1. The zero-order valence-electron chi connectivity index (χ0n) is 15.1. The molecule has 1 aromatic heterocycles. The highest BCUT2D eigenvalue weighted by molar-refractivity contribution is 5.67. The molecule has 2 aromatic rings.